The minimum absolute atomic E-state index is 0.721. The van der Waals surface area contributed by atoms with Crippen LogP contribution in [0, 0.1) is 34.5 Å². The summed E-state index contributed by atoms with van der Waals surface area (Å²) in [5, 5.41) is 9.63. The van der Waals surface area contributed by atoms with E-state index < -0.39 is 5.41 Å². The van der Waals surface area contributed by atoms with Gasteiger partial charge < -0.3 is 4.79 Å². The minimum atomic E-state index is -0.721. The van der Waals surface area contributed by atoms with Crippen molar-refractivity contribution in [2.24, 2.45) is 23.2 Å². The summed E-state index contributed by atoms with van der Waals surface area (Å²) in [7, 11) is 0. The third-order valence-corrected chi connectivity index (χ3v) is 7.82. The van der Waals surface area contributed by atoms with Crippen LogP contribution in [0.3, 0.4) is 0 Å². The Hall–Kier alpha value is -0.840. The number of carbonyl (C=O) groups excluding carboxylic acids is 1. The van der Waals surface area contributed by atoms with Crippen LogP contribution in [0.25, 0.3) is 0 Å². The second kappa shape index (κ2) is 16.8. The van der Waals surface area contributed by atoms with Gasteiger partial charge >= 0.3 is 0 Å². The Bertz CT molecular complexity index is 460. The van der Waals surface area contributed by atoms with Crippen molar-refractivity contribution in [3.8, 4) is 6.07 Å². The summed E-state index contributed by atoms with van der Waals surface area (Å²) in [6.07, 6.45) is 24.9. The van der Waals surface area contributed by atoms with Crippen molar-refractivity contribution in [2.75, 3.05) is 0 Å². The molecule has 0 aromatic carbocycles. The summed E-state index contributed by atoms with van der Waals surface area (Å²) in [5.41, 5.74) is -0.721. The van der Waals surface area contributed by atoms with E-state index in [1.807, 2.05) is 0 Å². The van der Waals surface area contributed by atoms with Crippen molar-refractivity contribution in [1.82, 2.24) is 0 Å². The fraction of sp³-hybridized carbons (Fsp3) is 0.929. The third kappa shape index (κ3) is 10.5. The Morgan fingerprint density at radius 1 is 0.833 bits per heavy atom. The molecule has 1 saturated carbocycles. The Kier molecular flexibility index (Phi) is 15.2. The molecule has 1 aliphatic rings. The number of unbranched alkanes of at least 4 members (excludes halogenated alkanes) is 6. The standard InChI is InChI=1S/C28H51NO/c1-4-7-10-11-12-14-25-17-19-27(20-18-25)26(15-8-5-2)16-13-22-28(23-29,24-30)21-9-6-3/h24-27H,4-22H2,1-3H3. The van der Waals surface area contributed by atoms with Gasteiger partial charge in [-0.3, -0.25) is 0 Å². The average molecular weight is 418 g/mol. The number of nitriles is 1. The van der Waals surface area contributed by atoms with Crippen LogP contribution >= 0.6 is 0 Å². The zero-order valence-electron chi connectivity index (χ0n) is 20.6. The molecule has 2 heteroatoms. The van der Waals surface area contributed by atoms with Crippen molar-refractivity contribution in [2.45, 2.75) is 143 Å². The van der Waals surface area contributed by atoms with Crippen LogP contribution in [0.15, 0.2) is 0 Å². The Labute approximate surface area is 188 Å². The summed E-state index contributed by atoms with van der Waals surface area (Å²) >= 11 is 0. The lowest BCUT2D eigenvalue weighted by atomic mass is 9.71. The van der Waals surface area contributed by atoms with Crippen molar-refractivity contribution >= 4 is 6.29 Å². The predicted molar refractivity (Wildman–Crippen MR) is 129 cm³/mol. The first-order valence-electron chi connectivity index (χ1n) is 13.5. The van der Waals surface area contributed by atoms with Crippen LogP contribution in [-0.4, -0.2) is 6.29 Å². The van der Waals surface area contributed by atoms with E-state index in [2.05, 4.69) is 26.8 Å². The van der Waals surface area contributed by atoms with E-state index in [0.717, 1.165) is 56.1 Å². The molecule has 30 heavy (non-hydrogen) atoms. The molecule has 1 rings (SSSR count). The first-order valence-corrected chi connectivity index (χ1v) is 13.5. The van der Waals surface area contributed by atoms with Gasteiger partial charge in [0.05, 0.1) is 6.07 Å². The van der Waals surface area contributed by atoms with Gasteiger partial charge in [-0.15, -0.1) is 0 Å². The van der Waals surface area contributed by atoms with Crippen LogP contribution in [-0.2, 0) is 4.79 Å². The van der Waals surface area contributed by atoms with E-state index in [1.54, 1.807) is 0 Å². The highest BCUT2D eigenvalue weighted by atomic mass is 16.1. The molecule has 174 valence electrons. The molecule has 2 atom stereocenters. The lowest BCUT2D eigenvalue weighted by molar-refractivity contribution is -0.114. The maximum Gasteiger partial charge on any atom is 0.140 e. The van der Waals surface area contributed by atoms with Crippen LogP contribution in [0.4, 0.5) is 0 Å². The molecular weight excluding hydrogens is 366 g/mol. The molecule has 0 aromatic rings. The zero-order valence-corrected chi connectivity index (χ0v) is 20.6. The summed E-state index contributed by atoms with van der Waals surface area (Å²) in [6.45, 7) is 6.72. The molecule has 0 saturated heterocycles. The molecule has 0 bridgehead atoms. The fourth-order valence-corrected chi connectivity index (χ4v) is 5.62. The minimum Gasteiger partial charge on any atom is -0.302 e. The maximum atomic E-state index is 11.7. The molecule has 0 spiro atoms. The highest BCUT2D eigenvalue weighted by Gasteiger charge is 2.31. The van der Waals surface area contributed by atoms with E-state index in [0.29, 0.717) is 0 Å². The van der Waals surface area contributed by atoms with Crippen molar-refractivity contribution < 1.29 is 4.79 Å². The number of hydrogen-bond acceptors (Lipinski definition) is 2. The van der Waals surface area contributed by atoms with Crippen LogP contribution in [0.5, 0.6) is 0 Å². The molecule has 1 fully saturated rings. The van der Waals surface area contributed by atoms with Crippen LogP contribution in [0.1, 0.15) is 143 Å². The Morgan fingerprint density at radius 2 is 1.43 bits per heavy atom. The Balaban J connectivity index is 2.44. The van der Waals surface area contributed by atoms with Crippen LogP contribution < -0.4 is 0 Å². The van der Waals surface area contributed by atoms with Gasteiger partial charge in [0, 0.05) is 0 Å². The van der Waals surface area contributed by atoms with Crippen molar-refractivity contribution in [3.05, 3.63) is 0 Å². The lowest BCUT2D eigenvalue weighted by Gasteiger charge is -2.34. The van der Waals surface area contributed by atoms with E-state index in [4.69, 9.17) is 0 Å². The summed E-state index contributed by atoms with van der Waals surface area (Å²) in [5.74, 6) is 2.67. The van der Waals surface area contributed by atoms with Gasteiger partial charge in [0.15, 0.2) is 0 Å². The monoisotopic (exact) mass is 417 g/mol. The fourth-order valence-electron chi connectivity index (χ4n) is 5.62. The number of hydrogen-bond donors (Lipinski definition) is 0. The van der Waals surface area contributed by atoms with Gasteiger partial charge in [0.2, 0.25) is 0 Å². The van der Waals surface area contributed by atoms with Gasteiger partial charge in [-0.2, -0.15) is 5.26 Å². The normalized spacial score (nSPS) is 22.2. The molecule has 0 radical (unpaired) electrons. The summed E-state index contributed by atoms with van der Waals surface area (Å²) in [4.78, 5) is 11.7. The van der Waals surface area contributed by atoms with E-state index in [-0.39, 0.29) is 0 Å². The predicted octanol–water partition coefficient (Wildman–Crippen LogP) is 9.03. The van der Waals surface area contributed by atoms with Crippen molar-refractivity contribution in [1.29, 1.82) is 5.26 Å². The second-order valence-corrected chi connectivity index (χ2v) is 10.3. The lowest BCUT2D eigenvalue weighted by Crippen LogP contribution is -2.24. The summed E-state index contributed by atoms with van der Waals surface area (Å²) in [6, 6.07) is 2.37. The second-order valence-electron chi connectivity index (χ2n) is 10.3. The molecular formula is C28H51NO. The third-order valence-electron chi connectivity index (χ3n) is 7.82. The Morgan fingerprint density at radius 3 is 2.03 bits per heavy atom. The maximum absolute atomic E-state index is 11.7. The van der Waals surface area contributed by atoms with Gasteiger partial charge in [0.1, 0.15) is 11.7 Å². The zero-order chi connectivity index (χ0) is 22.1. The van der Waals surface area contributed by atoms with Gasteiger partial charge in [-0.05, 0) is 43.4 Å². The van der Waals surface area contributed by atoms with Crippen LogP contribution in [0.2, 0.25) is 0 Å². The molecule has 0 N–H and O–H groups in total. The van der Waals surface area contributed by atoms with E-state index in [1.165, 1.54) is 89.9 Å². The SMILES string of the molecule is CCCCCCCC1CCC(C(CCCC)CCCC(C#N)(C=O)CCCC)CC1. The summed E-state index contributed by atoms with van der Waals surface area (Å²) < 4.78 is 0. The number of carbonyl (C=O) groups is 1. The number of aldehydes is 1. The smallest absolute Gasteiger partial charge is 0.140 e. The van der Waals surface area contributed by atoms with Gasteiger partial charge in [-0.25, -0.2) is 0 Å². The molecule has 0 aliphatic heterocycles. The molecule has 2 nitrogen and oxygen atoms in total. The van der Waals surface area contributed by atoms with Gasteiger partial charge in [-0.1, -0.05) is 117 Å². The highest BCUT2D eigenvalue weighted by molar-refractivity contribution is 5.63. The largest absolute Gasteiger partial charge is 0.302 e. The molecule has 0 heterocycles. The molecule has 0 aromatic heterocycles. The van der Waals surface area contributed by atoms with Crippen molar-refractivity contribution in [3.63, 3.8) is 0 Å². The first-order chi connectivity index (χ1) is 14.6. The number of nitrogens with zero attached hydrogens (tertiary/aromatic N) is 1. The van der Waals surface area contributed by atoms with E-state index in [9.17, 15) is 10.1 Å². The average Bonchev–Trinajstić information content (AvgIpc) is 2.79. The number of rotatable bonds is 18. The molecule has 2 unspecified atom stereocenters. The van der Waals surface area contributed by atoms with E-state index >= 15 is 0 Å². The highest BCUT2D eigenvalue weighted by Crippen LogP contribution is 2.40. The van der Waals surface area contributed by atoms with Gasteiger partial charge in [0.25, 0.3) is 0 Å². The molecule has 1 aliphatic carbocycles. The first kappa shape index (κ1) is 27.2. The topological polar surface area (TPSA) is 40.9 Å². The molecule has 0 amide bonds. The quantitative estimate of drug-likeness (QED) is 0.165.